The van der Waals surface area contributed by atoms with Gasteiger partial charge in [0.1, 0.15) is 0 Å². The molecular formula is C22H28N4. The zero-order valence-corrected chi connectivity index (χ0v) is 16.0. The number of rotatable bonds is 5. The highest BCUT2D eigenvalue weighted by molar-refractivity contribution is 5.76. The maximum atomic E-state index is 4.52. The van der Waals surface area contributed by atoms with Crippen LogP contribution in [0.4, 0.5) is 0 Å². The van der Waals surface area contributed by atoms with Crippen molar-refractivity contribution >= 4 is 11.0 Å². The van der Waals surface area contributed by atoms with Crippen LogP contribution in [-0.2, 0) is 13.1 Å². The molecule has 0 saturated carbocycles. The van der Waals surface area contributed by atoms with Crippen LogP contribution in [0.2, 0.25) is 0 Å². The highest BCUT2D eigenvalue weighted by Gasteiger charge is 2.23. The Labute approximate surface area is 156 Å². The predicted octanol–water partition coefficient (Wildman–Crippen LogP) is 3.53. The van der Waals surface area contributed by atoms with Crippen LogP contribution in [0.15, 0.2) is 48.8 Å². The zero-order chi connectivity index (χ0) is 18.1. The summed E-state index contributed by atoms with van der Waals surface area (Å²) >= 11 is 0. The molecule has 0 N–H and O–H groups in total. The minimum Gasteiger partial charge on any atom is -0.326 e. The molecule has 0 spiro atoms. The van der Waals surface area contributed by atoms with Crippen molar-refractivity contribution in [2.45, 2.75) is 32.5 Å². The Bertz CT molecular complexity index is 879. The third-order valence-electron chi connectivity index (χ3n) is 5.54. The van der Waals surface area contributed by atoms with Crippen LogP contribution < -0.4 is 0 Å². The first kappa shape index (κ1) is 17.3. The number of hydrogen-bond acceptors (Lipinski definition) is 3. The quantitative estimate of drug-likeness (QED) is 0.705. The van der Waals surface area contributed by atoms with Gasteiger partial charge in [-0.15, -0.1) is 0 Å². The third-order valence-corrected chi connectivity index (χ3v) is 5.54. The lowest BCUT2D eigenvalue weighted by molar-refractivity contribution is 0.264. The van der Waals surface area contributed by atoms with Crippen molar-refractivity contribution in [2.24, 2.45) is 0 Å². The molecule has 0 amide bonds. The van der Waals surface area contributed by atoms with E-state index in [0.29, 0.717) is 6.04 Å². The van der Waals surface area contributed by atoms with Crippen molar-refractivity contribution in [3.63, 3.8) is 0 Å². The summed E-state index contributed by atoms with van der Waals surface area (Å²) in [5, 5.41) is 0. The average Bonchev–Trinajstić information content (AvgIpc) is 3.24. The molecule has 2 aromatic carbocycles. The van der Waals surface area contributed by atoms with E-state index in [1.807, 2.05) is 6.33 Å². The lowest BCUT2D eigenvalue weighted by Gasteiger charge is -2.20. The van der Waals surface area contributed by atoms with E-state index in [0.717, 1.165) is 18.6 Å². The molecule has 4 nitrogen and oxygen atoms in total. The third kappa shape index (κ3) is 3.67. The molecule has 3 aromatic rings. The van der Waals surface area contributed by atoms with Crippen LogP contribution in [0.5, 0.6) is 0 Å². The first-order valence-corrected chi connectivity index (χ1v) is 9.46. The second kappa shape index (κ2) is 7.22. The Kier molecular flexibility index (Phi) is 4.79. The highest BCUT2D eigenvalue weighted by atomic mass is 15.2. The van der Waals surface area contributed by atoms with Crippen LogP contribution >= 0.6 is 0 Å². The van der Waals surface area contributed by atoms with E-state index < -0.39 is 0 Å². The topological polar surface area (TPSA) is 24.3 Å². The van der Waals surface area contributed by atoms with Gasteiger partial charge in [0.25, 0.3) is 0 Å². The van der Waals surface area contributed by atoms with E-state index in [-0.39, 0.29) is 0 Å². The van der Waals surface area contributed by atoms with Gasteiger partial charge in [0, 0.05) is 32.2 Å². The molecule has 136 valence electrons. The van der Waals surface area contributed by atoms with Crippen molar-refractivity contribution in [3.8, 4) is 0 Å². The predicted molar refractivity (Wildman–Crippen MR) is 107 cm³/mol. The van der Waals surface area contributed by atoms with Gasteiger partial charge in [-0.25, -0.2) is 4.98 Å². The molecule has 1 saturated heterocycles. The number of benzene rings is 2. The van der Waals surface area contributed by atoms with Crippen molar-refractivity contribution in [1.82, 2.24) is 19.4 Å². The number of aryl methyl sites for hydroxylation is 1. The van der Waals surface area contributed by atoms with Crippen molar-refractivity contribution in [3.05, 3.63) is 65.5 Å². The van der Waals surface area contributed by atoms with Gasteiger partial charge >= 0.3 is 0 Å². The summed E-state index contributed by atoms with van der Waals surface area (Å²) in [6.07, 6.45) is 3.22. The number of hydrogen-bond donors (Lipinski definition) is 0. The molecule has 0 aliphatic carbocycles. The summed E-state index contributed by atoms with van der Waals surface area (Å²) in [5.41, 5.74) is 6.27. The standard InChI is InChI=1S/C22H28N4/c1-17-4-9-21-22(12-17)26(16-23-21)14-19-7-5-18(6-8-19)13-25-11-10-20(15-25)24(2)3/h4-9,12,16,20H,10-11,13-15H2,1-3H3. The molecule has 1 atom stereocenters. The fourth-order valence-corrected chi connectivity index (χ4v) is 3.88. The number of likely N-dealkylation sites (N-methyl/N-ethyl adjacent to an activating group) is 1. The van der Waals surface area contributed by atoms with Gasteiger partial charge in [-0.2, -0.15) is 0 Å². The van der Waals surface area contributed by atoms with E-state index in [2.05, 4.69) is 82.8 Å². The summed E-state index contributed by atoms with van der Waals surface area (Å²) in [7, 11) is 4.37. The van der Waals surface area contributed by atoms with Gasteiger partial charge in [0.05, 0.1) is 17.4 Å². The van der Waals surface area contributed by atoms with Crippen LogP contribution in [0.1, 0.15) is 23.1 Å². The lowest BCUT2D eigenvalue weighted by atomic mass is 10.1. The van der Waals surface area contributed by atoms with Gasteiger partial charge < -0.3 is 9.47 Å². The van der Waals surface area contributed by atoms with Crippen molar-refractivity contribution in [2.75, 3.05) is 27.2 Å². The molecule has 4 heteroatoms. The monoisotopic (exact) mass is 348 g/mol. The minimum atomic E-state index is 0.701. The number of fused-ring (bicyclic) bond motifs is 1. The number of likely N-dealkylation sites (tertiary alicyclic amines) is 1. The van der Waals surface area contributed by atoms with Crippen LogP contribution in [-0.4, -0.2) is 52.6 Å². The SMILES string of the molecule is Cc1ccc2ncn(Cc3ccc(CN4CCC(N(C)C)C4)cc3)c2c1. The maximum Gasteiger partial charge on any atom is 0.0961 e. The molecule has 1 aromatic heterocycles. The zero-order valence-electron chi connectivity index (χ0n) is 16.0. The van der Waals surface area contributed by atoms with Crippen molar-refractivity contribution < 1.29 is 0 Å². The van der Waals surface area contributed by atoms with E-state index in [1.165, 1.54) is 41.7 Å². The Hall–Kier alpha value is -2.17. The van der Waals surface area contributed by atoms with Gasteiger partial charge in [-0.3, -0.25) is 4.90 Å². The largest absolute Gasteiger partial charge is 0.326 e. The molecule has 1 fully saturated rings. The molecule has 1 aliphatic rings. The molecule has 1 aliphatic heterocycles. The normalized spacial score (nSPS) is 18.2. The summed E-state index contributed by atoms with van der Waals surface area (Å²) in [4.78, 5) is 9.42. The summed E-state index contributed by atoms with van der Waals surface area (Å²) in [6.45, 7) is 6.43. The van der Waals surface area contributed by atoms with Crippen LogP contribution in [0.25, 0.3) is 11.0 Å². The molecule has 0 radical (unpaired) electrons. The Morgan fingerprint density at radius 2 is 1.77 bits per heavy atom. The molecular weight excluding hydrogens is 320 g/mol. The summed E-state index contributed by atoms with van der Waals surface area (Å²) in [6, 6.07) is 16.2. The first-order valence-electron chi connectivity index (χ1n) is 9.46. The average molecular weight is 348 g/mol. The number of nitrogens with zero attached hydrogens (tertiary/aromatic N) is 4. The Morgan fingerprint density at radius 3 is 2.46 bits per heavy atom. The summed E-state index contributed by atoms with van der Waals surface area (Å²) < 4.78 is 2.24. The number of imidazole rings is 1. The van der Waals surface area contributed by atoms with Gasteiger partial charge in [0.15, 0.2) is 0 Å². The molecule has 2 heterocycles. The van der Waals surface area contributed by atoms with E-state index in [4.69, 9.17) is 0 Å². The van der Waals surface area contributed by atoms with Crippen LogP contribution in [0.3, 0.4) is 0 Å². The van der Waals surface area contributed by atoms with Gasteiger partial charge in [-0.05, 0) is 56.3 Å². The number of aromatic nitrogens is 2. The smallest absolute Gasteiger partial charge is 0.0961 e. The fourth-order valence-electron chi connectivity index (χ4n) is 3.88. The van der Waals surface area contributed by atoms with E-state index in [1.54, 1.807) is 0 Å². The van der Waals surface area contributed by atoms with E-state index >= 15 is 0 Å². The lowest BCUT2D eigenvalue weighted by Crippen LogP contribution is -2.31. The second-order valence-electron chi connectivity index (χ2n) is 7.82. The first-order chi connectivity index (χ1) is 12.6. The van der Waals surface area contributed by atoms with Gasteiger partial charge in [-0.1, -0.05) is 30.3 Å². The molecule has 4 rings (SSSR count). The van der Waals surface area contributed by atoms with Crippen molar-refractivity contribution in [1.29, 1.82) is 0 Å². The second-order valence-corrected chi connectivity index (χ2v) is 7.82. The highest BCUT2D eigenvalue weighted by Crippen LogP contribution is 2.19. The molecule has 26 heavy (non-hydrogen) atoms. The molecule has 1 unspecified atom stereocenters. The fraction of sp³-hybridized carbons (Fsp3) is 0.409. The Balaban J connectivity index is 1.42. The Morgan fingerprint density at radius 1 is 1.04 bits per heavy atom. The molecule has 0 bridgehead atoms. The summed E-state index contributed by atoms with van der Waals surface area (Å²) in [5.74, 6) is 0. The van der Waals surface area contributed by atoms with Gasteiger partial charge in [0.2, 0.25) is 0 Å². The van der Waals surface area contributed by atoms with Crippen LogP contribution in [0, 0.1) is 6.92 Å². The maximum absolute atomic E-state index is 4.52. The minimum absolute atomic E-state index is 0.701. The van der Waals surface area contributed by atoms with E-state index in [9.17, 15) is 0 Å².